The monoisotopic (exact) mass is 281 g/mol. The third-order valence-corrected chi connectivity index (χ3v) is 4.24. The maximum atomic E-state index is 12.0. The Morgan fingerprint density at radius 3 is 2.47 bits per heavy atom. The molecule has 0 radical (unpaired) electrons. The van der Waals surface area contributed by atoms with Gasteiger partial charge in [0.2, 0.25) is 0 Å². The maximum absolute atomic E-state index is 12.0. The van der Waals surface area contributed by atoms with E-state index >= 15 is 0 Å². The lowest BCUT2D eigenvalue weighted by molar-refractivity contribution is -0.174. The fourth-order valence-electron chi connectivity index (χ4n) is 3.03. The van der Waals surface area contributed by atoms with Gasteiger partial charge in [0.25, 0.3) is 0 Å². The number of alkyl halides is 3. The van der Waals surface area contributed by atoms with Crippen LogP contribution < -0.4 is 5.32 Å². The van der Waals surface area contributed by atoms with Gasteiger partial charge >= 0.3 is 6.18 Å². The molecule has 0 heterocycles. The molecule has 1 N–H and O–H groups in total. The van der Waals surface area contributed by atoms with Gasteiger partial charge in [-0.15, -0.1) is 0 Å². The molecular formula is C14H26F3NO. The van der Waals surface area contributed by atoms with Crippen molar-refractivity contribution in [3.63, 3.8) is 0 Å². The van der Waals surface area contributed by atoms with Crippen LogP contribution in [0.1, 0.15) is 39.5 Å². The number of ether oxygens (including phenoxy) is 1. The minimum Gasteiger partial charge on any atom is -0.372 e. The van der Waals surface area contributed by atoms with Gasteiger partial charge in [0.05, 0.1) is 0 Å². The highest BCUT2D eigenvalue weighted by atomic mass is 19.4. The Hall–Kier alpha value is -0.290. The van der Waals surface area contributed by atoms with E-state index in [-0.39, 0.29) is 6.61 Å². The van der Waals surface area contributed by atoms with Crippen molar-refractivity contribution in [1.29, 1.82) is 0 Å². The number of halogens is 3. The number of hydrogen-bond donors (Lipinski definition) is 1. The smallest absolute Gasteiger partial charge is 0.372 e. The summed E-state index contributed by atoms with van der Waals surface area (Å²) in [6.45, 7) is 3.52. The molecule has 0 aliphatic heterocycles. The Labute approximate surface area is 114 Å². The Morgan fingerprint density at radius 2 is 1.95 bits per heavy atom. The van der Waals surface area contributed by atoms with Crippen molar-refractivity contribution in [2.75, 3.05) is 20.3 Å². The number of hydrogen-bond acceptors (Lipinski definition) is 2. The lowest BCUT2D eigenvalue weighted by atomic mass is 9.72. The molecule has 0 bridgehead atoms. The van der Waals surface area contributed by atoms with E-state index in [4.69, 9.17) is 4.74 Å². The molecule has 114 valence electrons. The van der Waals surface area contributed by atoms with Gasteiger partial charge in [-0.3, -0.25) is 0 Å². The fourth-order valence-corrected chi connectivity index (χ4v) is 3.03. The third kappa shape index (κ3) is 6.13. The zero-order valence-electron chi connectivity index (χ0n) is 12.1. The summed E-state index contributed by atoms with van der Waals surface area (Å²) < 4.78 is 40.7. The van der Waals surface area contributed by atoms with Gasteiger partial charge in [-0.2, -0.15) is 13.2 Å². The summed E-state index contributed by atoms with van der Waals surface area (Å²) >= 11 is 0. The van der Waals surface area contributed by atoms with E-state index in [0.717, 1.165) is 12.8 Å². The van der Waals surface area contributed by atoms with Crippen LogP contribution in [0, 0.1) is 17.8 Å². The first kappa shape index (κ1) is 16.8. The molecule has 3 atom stereocenters. The molecule has 1 rings (SSSR count). The van der Waals surface area contributed by atoms with Crippen LogP contribution in [0.5, 0.6) is 0 Å². The minimum atomic E-state index is -4.21. The van der Waals surface area contributed by atoms with Gasteiger partial charge < -0.3 is 10.1 Å². The summed E-state index contributed by atoms with van der Waals surface area (Å²) in [6, 6.07) is 0.421. The van der Waals surface area contributed by atoms with Crippen LogP contribution in [0.4, 0.5) is 13.2 Å². The average molecular weight is 281 g/mol. The first-order chi connectivity index (χ1) is 8.83. The molecule has 1 saturated carbocycles. The van der Waals surface area contributed by atoms with Crippen LogP contribution in [-0.2, 0) is 4.74 Å². The molecule has 0 aromatic heterocycles. The molecule has 19 heavy (non-hydrogen) atoms. The second-order valence-electron chi connectivity index (χ2n) is 5.93. The lowest BCUT2D eigenvalue weighted by Crippen LogP contribution is -2.40. The Bertz CT molecular complexity index is 256. The quantitative estimate of drug-likeness (QED) is 0.751. The second kappa shape index (κ2) is 7.48. The SMILES string of the molecule is CNC1CCC(C(C)C)CC1CCOCC(F)(F)F. The van der Waals surface area contributed by atoms with Crippen molar-refractivity contribution in [3.8, 4) is 0 Å². The van der Waals surface area contributed by atoms with Gasteiger partial charge in [0.15, 0.2) is 0 Å². The summed E-state index contributed by atoms with van der Waals surface area (Å²) in [5.74, 6) is 1.77. The highest BCUT2D eigenvalue weighted by Gasteiger charge is 2.31. The molecule has 5 heteroatoms. The molecule has 0 amide bonds. The normalized spacial score (nSPS) is 28.9. The summed E-state index contributed by atoms with van der Waals surface area (Å²) in [5, 5.41) is 3.29. The average Bonchev–Trinajstić information content (AvgIpc) is 2.33. The fraction of sp³-hybridized carbons (Fsp3) is 1.00. The Kier molecular flexibility index (Phi) is 6.60. The van der Waals surface area contributed by atoms with Gasteiger partial charge in [-0.05, 0) is 50.5 Å². The van der Waals surface area contributed by atoms with Crippen molar-refractivity contribution in [3.05, 3.63) is 0 Å². The molecule has 1 fully saturated rings. The van der Waals surface area contributed by atoms with Gasteiger partial charge in [0, 0.05) is 12.6 Å². The van der Waals surface area contributed by atoms with Crippen LogP contribution in [0.15, 0.2) is 0 Å². The Balaban J connectivity index is 2.35. The van der Waals surface area contributed by atoms with E-state index in [1.165, 1.54) is 6.42 Å². The highest BCUT2D eigenvalue weighted by molar-refractivity contribution is 4.85. The maximum Gasteiger partial charge on any atom is 0.411 e. The second-order valence-corrected chi connectivity index (χ2v) is 5.93. The van der Waals surface area contributed by atoms with Crippen LogP contribution in [0.3, 0.4) is 0 Å². The van der Waals surface area contributed by atoms with E-state index in [0.29, 0.717) is 30.2 Å². The zero-order valence-corrected chi connectivity index (χ0v) is 12.1. The van der Waals surface area contributed by atoms with Crippen LogP contribution in [0.2, 0.25) is 0 Å². The molecular weight excluding hydrogens is 255 g/mol. The molecule has 0 spiro atoms. The van der Waals surface area contributed by atoms with Crippen molar-refractivity contribution in [2.24, 2.45) is 17.8 Å². The van der Waals surface area contributed by atoms with Gasteiger partial charge in [-0.1, -0.05) is 13.8 Å². The molecule has 1 aliphatic rings. The van der Waals surface area contributed by atoms with Crippen molar-refractivity contribution >= 4 is 0 Å². The zero-order chi connectivity index (χ0) is 14.5. The third-order valence-electron chi connectivity index (χ3n) is 4.24. The topological polar surface area (TPSA) is 21.3 Å². The molecule has 3 unspecified atom stereocenters. The van der Waals surface area contributed by atoms with E-state index in [1.54, 1.807) is 0 Å². The summed E-state index contributed by atoms with van der Waals surface area (Å²) in [5.41, 5.74) is 0. The van der Waals surface area contributed by atoms with E-state index in [9.17, 15) is 13.2 Å². The van der Waals surface area contributed by atoms with Crippen LogP contribution in [-0.4, -0.2) is 32.5 Å². The van der Waals surface area contributed by atoms with Crippen molar-refractivity contribution < 1.29 is 17.9 Å². The molecule has 0 aromatic rings. The summed E-state index contributed by atoms with van der Waals surface area (Å²) in [6.07, 6.45) is -0.0782. The predicted molar refractivity (Wildman–Crippen MR) is 70.0 cm³/mol. The number of rotatable bonds is 6. The standard InChI is InChI=1S/C14H26F3NO/c1-10(2)11-4-5-13(18-3)12(8-11)6-7-19-9-14(15,16)17/h10-13,18H,4-9H2,1-3H3. The van der Waals surface area contributed by atoms with Crippen LogP contribution >= 0.6 is 0 Å². The summed E-state index contributed by atoms with van der Waals surface area (Å²) in [4.78, 5) is 0. The summed E-state index contributed by atoms with van der Waals surface area (Å²) in [7, 11) is 1.93. The molecule has 0 saturated heterocycles. The van der Waals surface area contributed by atoms with E-state index in [1.807, 2.05) is 7.05 Å². The predicted octanol–water partition coefficient (Wildman–Crippen LogP) is 3.62. The van der Waals surface area contributed by atoms with Crippen LogP contribution in [0.25, 0.3) is 0 Å². The minimum absolute atomic E-state index is 0.202. The van der Waals surface area contributed by atoms with E-state index in [2.05, 4.69) is 19.2 Å². The first-order valence-corrected chi connectivity index (χ1v) is 7.15. The van der Waals surface area contributed by atoms with E-state index < -0.39 is 12.8 Å². The number of nitrogens with one attached hydrogen (secondary N) is 1. The molecule has 1 aliphatic carbocycles. The van der Waals surface area contributed by atoms with Gasteiger partial charge in [-0.25, -0.2) is 0 Å². The van der Waals surface area contributed by atoms with Crippen molar-refractivity contribution in [1.82, 2.24) is 5.32 Å². The Morgan fingerprint density at radius 1 is 1.26 bits per heavy atom. The highest BCUT2D eigenvalue weighted by Crippen LogP contribution is 2.35. The van der Waals surface area contributed by atoms with Crippen molar-refractivity contribution in [2.45, 2.75) is 51.7 Å². The molecule has 2 nitrogen and oxygen atoms in total. The largest absolute Gasteiger partial charge is 0.411 e. The lowest BCUT2D eigenvalue weighted by Gasteiger charge is -2.38. The van der Waals surface area contributed by atoms with Gasteiger partial charge in [0.1, 0.15) is 6.61 Å². The molecule has 0 aromatic carbocycles. The first-order valence-electron chi connectivity index (χ1n) is 7.15.